The molecule has 2 aliphatic rings. The van der Waals surface area contributed by atoms with Crippen molar-refractivity contribution in [1.82, 2.24) is 0 Å². The highest BCUT2D eigenvalue weighted by Gasteiger charge is 2.28. The maximum atomic E-state index is 13.4. The molecular formula is C16H23FN2. The van der Waals surface area contributed by atoms with Crippen molar-refractivity contribution >= 4 is 5.69 Å². The van der Waals surface area contributed by atoms with Crippen LogP contribution in [0.5, 0.6) is 0 Å². The van der Waals surface area contributed by atoms with Gasteiger partial charge in [0.05, 0.1) is 0 Å². The first-order chi connectivity index (χ1) is 9.28. The Morgan fingerprint density at radius 1 is 1.21 bits per heavy atom. The molecule has 1 fully saturated rings. The zero-order valence-corrected chi connectivity index (χ0v) is 11.4. The summed E-state index contributed by atoms with van der Waals surface area (Å²) in [5.74, 6) is 1.23. The van der Waals surface area contributed by atoms with Gasteiger partial charge < -0.3 is 10.6 Å². The zero-order chi connectivity index (χ0) is 13.2. The lowest BCUT2D eigenvalue weighted by Gasteiger charge is -2.34. The fraction of sp³-hybridized carbons (Fsp3) is 0.625. The Kier molecular flexibility index (Phi) is 3.74. The predicted molar refractivity (Wildman–Crippen MR) is 76.8 cm³/mol. The van der Waals surface area contributed by atoms with Crippen molar-refractivity contribution in [3.05, 3.63) is 29.6 Å². The molecule has 0 saturated heterocycles. The molecule has 1 saturated carbocycles. The maximum Gasteiger partial charge on any atom is 0.125 e. The van der Waals surface area contributed by atoms with E-state index >= 15 is 0 Å². The van der Waals surface area contributed by atoms with Gasteiger partial charge in [-0.15, -0.1) is 0 Å². The minimum Gasteiger partial charge on any atom is -0.371 e. The lowest BCUT2D eigenvalue weighted by molar-refractivity contribution is 0.246. The minimum absolute atomic E-state index is 0.121. The van der Waals surface area contributed by atoms with Crippen molar-refractivity contribution in [2.75, 3.05) is 24.5 Å². The smallest absolute Gasteiger partial charge is 0.125 e. The highest BCUT2D eigenvalue weighted by atomic mass is 19.1. The molecule has 1 aliphatic heterocycles. The van der Waals surface area contributed by atoms with Gasteiger partial charge in [-0.25, -0.2) is 4.39 Å². The van der Waals surface area contributed by atoms with Crippen molar-refractivity contribution in [3.8, 4) is 0 Å². The van der Waals surface area contributed by atoms with Gasteiger partial charge in [0.2, 0.25) is 0 Å². The van der Waals surface area contributed by atoms with Crippen LogP contribution in [0.15, 0.2) is 18.2 Å². The Balaban J connectivity index is 1.73. The molecule has 3 heteroatoms. The van der Waals surface area contributed by atoms with Gasteiger partial charge in [0, 0.05) is 18.8 Å². The van der Waals surface area contributed by atoms with E-state index in [0.717, 1.165) is 31.7 Å². The maximum absolute atomic E-state index is 13.4. The average molecular weight is 262 g/mol. The molecule has 2 atom stereocenters. The molecule has 0 spiro atoms. The van der Waals surface area contributed by atoms with Gasteiger partial charge >= 0.3 is 0 Å². The monoisotopic (exact) mass is 262 g/mol. The molecule has 0 radical (unpaired) electrons. The fourth-order valence-electron chi connectivity index (χ4n) is 3.73. The van der Waals surface area contributed by atoms with Crippen molar-refractivity contribution in [3.63, 3.8) is 0 Å². The molecule has 19 heavy (non-hydrogen) atoms. The van der Waals surface area contributed by atoms with E-state index in [1.54, 1.807) is 12.1 Å². The average Bonchev–Trinajstić information content (AvgIpc) is 2.82. The summed E-state index contributed by atoms with van der Waals surface area (Å²) in [6.45, 7) is 2.89. The highest BCUT2D eigenvalue weighted by Crippen LogP contribution is 2.34. The van der Waals surface area contributed by atoms with E-state index in [1.807, 2.05) is 6.07 Å². The Hall–Kier alpha value is -1.09. The first-order valence-corrected chi connectivity index (χ1v) is 7.51. The van der Waals surface area contributed by atoms with Crippen LogP contribution >= 0.6 is 0 Å². The second-order valence-corrected chi connectivity index (χ2v) is 6.01. The summed E-state index contributed by atoms with van der Waals surface area (Å²) < 4.78 is 13.4. The van der Waals surface area contributed by atoms with E-state index in [9.17, 15) is 4.39 Å². The number of nitrogens with two attached hydrogens (primary N) is 1. The van der Waals surface area contributed by atoms with Gasteiger partial charge in [-0.3, -0.25) is 0 Å². The van der Waals surface area contributed by atoms with Crippen LogP contribution < -0.4 is 10.6 Å². The minimum atomic E-state index is -0.121. The van der Waals surface area contributed by atoms with Crippen molar-refractivity contribution < 1.29 is 4.39 Å². The summed E-state index contributed by atoms with van der Waals surface area (Å²) in [7, 11) is 0. The van der Waals surface area contributed by atoms with Crippen LogP contribution in [-0.2, 0) is 6.42 Å². The molecule has 1 aromatic rings. The molecule has 3 rings (SSSR count). The number of hydrogen-bond donors (Lipinski definition) is 1. The number of fused-ring (bicyclic) bond motifs is 1. The highest BCUT2D eigenvalue weighted by molar-refractivity contribution is 5.58. The first-order valence-electron chi connectivity index (χ1n) is 7.51. The molecule has 1 aliphatic carbocycles. The van der Waals surface area contributed by atoms with E-state index in [2.05, 4.69) is 4.90 Å². The predicted octanol–water partition coefficient (Wildman–Crippen LogP) is 2.95. The Morgan fingerprint density at radius 3 is 2.79 bits per heavy atom. The van der Waals surface area contributed by atoms with E-state index in [1.165, 1.54) is 31.2 Å². The number of hydrogen-bond acceptors (Lipinski definition) is 2. The van der Waals surface area contributed by atoms with Crippen LogP contribution in [0.3, 0.4) is 0 Å². The molecular weight excluding hydrogens is 239 g/mol. The summed E-state index contributed by atoms with van der Waals surface area (Å²) in [6, 6.07) is 5.21. The normalized spacial score (nSPS) is 26.5. The Bertz CT molecular complexity index is 446. The molecule has 1 aromatic carbocycles. The molecule has 1 heterocycles. The zero-order valence-electron chi connectivity index (χ0n) is 11.4. The van der Waals surface area contributed by atoms with Crippen molar-refractivity contribution in [2.45, 2.75) is 32.1 Å². The molecule has 0 aromatic heterocycles. The number of rotatable bonds is 3. The van der Waals surface area contributed by atoms with Gasteiger partial charge in [0.25, 0.3) is 0 Å². The summed E-state index contributed by atoms with van der Waals surface area (Å²) in [4.78, 5) is 2.37. The van der Waals surface area contributed by atoms with E-state index < -0.39 is 0 Å². The fourth-order valence-corrected chi connectivity index (χ4v) is 3.73. The molecule has 0 bridgehead atoms. The third-order valence-electron chi connectivity index (χ3n) is 4.86. The quantitative estimate of drug-likeness (QED) is 0.907. The van der Waals surface area contributed by atoms with Crippen LogP contribution in [0.25, 0.3) is 0 Å². The number of anilines is 1. The molecule has 104 valence electrons. The summed E-state index contributed by atoms with van der Waals surface area (Å²) in [5, 5.41) is 0. The number of benzene rings is 1. The SMILES string of the molecule is NCC1CCCCC1CN1CCc2ccc(F)cc21. The summed E-state index contributed by atoms with van der Waals surface area (Å²) in [5.41, 5.74) is 8.31. The van der Waals surface area contributed by atoms with Gasteiger partial charge in [-0.2, -0.15) is 0 Å². The van der Waals surface area contributed by atoms with E-state index in [4.69, 9.17) is 5.73 Å². The standard InChI is InChI=1S/C16H23FN2/c17-15-6-5-12-7-8-19(16(12)9-15)11-14-4-2-1-3-13(14)10-18/h5-6,9,13-14H,1-4,7-8,10-11,18H2. The number of halogens is 1. The second-order valence-electron chi connectivity index (χ2n) is 6.01. The topological polar surface area (TPSA) is 29.3 Å². The van der Waals surface area contributed by atoms with E-state index in [0.29, 0.717) is 11.8 Å². The van der Waals surface area contributed by atoms with Crippen molar-refractivity contribution in [1.29, 1.82) is 0 Å². The van der Waals surface area contributed by atoms with Gasteiger partial charge in [-0.1, -0.05) is 18.9 Å². The van der Waals surface area contributed by atoms with Gasteiger partial charge in [-0.05, 0) is 55.3 Å². The summed E-state index contributed by atoms with van der Waals surface area (Å²) >= 11 is 0. The lowest BCUT2D eigenvalue weighted by Crippen LogP contribution is -2.36. The molecule has 2 unspecified atom stereocenters. The van der Waals surface area contributed by atoms with Crippen LogP contribution in [0, 0.1) is 17.7 Å². The van der Waals surface area contributed by atoms with Gasteiger partial charge in [0.1, 0.15) is 5.82 Å². The van der Waals surface area contributed by atoms with Crippen LogP contribution in [0.1, 0.15) is 31.2 Å². The summed E-state index contributed by atoms with van der Waals surface area (Å²) in [6.07, 6.45) is 6.25. The third kappa shape index (κ3) is 2.62. The molecule has 2 nitrogen and oxygen atoms in total. The van der Waals surface area contributed by atoms with E-state index in [-0.39, 0.29) is 5.82 Å². The largest absolute Gasteiger partial charge is 0.371 e. The lowest BCUT2D eigenvalue weighted by atomic mass is 9.79. The third-order valence-corrected chi connectivity index (χ3v) is 4.86. The van der Waals surface area contributed by atoms with Crippen molar-refractivity contribution in [2.24, 2.45) is 17.6 Å². The van der Waals surface area contributed by atoms with Crippen LogP contribution in [0.2, 0.25) is 0 Å². The Morgan fingerprint density at radius 2 is 2.00 bits per heavy atom. The second kappa shape index (κ2) is 5.49. The van der Waals surface area contributed by atoms with Crippen LogP contribution in [-0.4, -0.2) is 19.6 Å². The number of nitrogens with zero attached hydrogens (tertiary/aromatic N) is 1. The first kappa shape index (κ1) is 12.9. The Labute approximate surface area is 114 Å². The molecule has 2 N–H and O–H groups in total. The van der Waals surface area contributed by atoms with Gasteiger partial charge in [0.15, 0.2) is 0 Å². The van der Waals surface area contributed by atoms with Crippen LogP contribution in [0.4, 0.5) is 10.1 Å². The molecule has 0 amide bonds.